The molecule has 2 aromatic carbocycles. The molecular formula is C23H23Cl2FN4O2. The maximum atomic E-state index is 14.0. The number of aromatic nitrogens is 2. The first kappa shape index (κ1) is 22.6. The molecule has 0 saturated carbocycles. The highest BCUT2D eigenvalue weighted by atomic mass is 35.5. The lowest BCUT2D eigenvalue weighted by atomic mass is 10.2. The molecule has 1 aliphatic rings. The molecule has 0 aliphatic carbocycles. The standard InChI is InChI=1S/C23H23Cl2FN4O2/c24-18-7-6-17(16-19(18)25)30-23(31)9-8-22(27-30)32-15-3-10-28-11-13-29(14-12-28)21-5-2-1-4-20(21)26/h1-2,4-9,16H,3,10-15H2. The summed E-state index contributed by atoms with van der Waals surface area (Å²) >= 11 is 12.0. The fourth-order valence-corrected chi connectivity index (χ4v) is 3.95. The highest BCUT2D eigenvalue weighted by molar-refractivity contribution is 6.42. The molecule has 2 heterocycles. The van der Waals surface area contributed by atoms with E-state index in [-0.39, 0.29) is 11.4 Å². The van der Waals surface area contributed by atoms with Crippen molar-refractivity contribution in [3.63, 3.8) is 0 Å². The van der Waals surface area contributed by atoms with Gasteiger partial charge in [-0.3, -0.25) is 9.69 Å². The highest BCUT2D eigenvalue weighted by Crippen LogP contribution is 2.24. The van der Waals surface area contributed by atoms with E-state index in [1.165, 1.54) is 16.8 Å². The first-order chi connectivity index (χ1) is 15.5. The summed E-state index contributed by atoms with van der Waals surface area (Å²) in [5.41, 5.74) is 0.893. The molecule has 0 bridgehead atoms. The number of rotatable bonds is 7. The SMILES string of the molecule is O=c1ccc(OCCCN2CCN(c3ccccc3F)CC2)nn1-c1ccc(Cl)c(Cl)c1. The van der Waals surface area contributed by atoms with Gasteiger partial charge in [0.2, 0.25) is 5.88 Å². The Kier molecular flexibility index (Phi) is 7.29. The minimum absolute atomic E-state index is 0.177. The molecule has 32 heavy (non-hydrogen) atoms. The Balaban J connectivity index is 1.26. The van der Waals surface area contributed by atoms with Gasteiger partial charge in [-0.1, -0.05) is 35.3 Å². The van der Waals surface area contributed by atoms with E-state index >= 15 is 0 Å². The van der Waals surface area contributed by atoms with E-state index < -0.39 is 0 Å². The minimum atomic E-state index is -0.288. The van der Waals surface area contributed by atoms with Crippen LogP contribution in [-0.4, -0.2) is 54.0 Å². The van der Waals surface area contributed by atoms with E-state index in [0.29, 0.717) is 33.9 Å². The van der Waals surface area contributed by atoms with Gasteiger partial charge in [-0.2, -0.15) is 4.68 Å². The van der Waals surface area contributed by atoms with Crippen LogP contribution in [-0.2, 0) is 0 Å². The molecule has 9 heteroatoms. The third-order valence-corrected chi connectivity index (χ3v) is 6.10. The zero-order valence-corrected chi connectivity index (χ0v) is 18.9. The van der Waals surface area contributed by atoms with Gasteiger partial charge in [-0.25, -0.2) is 4.39 Å². The first-order valence-corrected chi connectivity index (χ1v) is 11.2. The number of nitrogens with zero attached hydrogens (tertiary/aromatic N) is 4. The lowest BCUT2D eigenvalue weighted by molar-refractivity contribution is 0.220. The summed E-state index contributed by atoms with van der Waals surface area (Å²) in [5.74, 6) is 0.184. The Hall–Kier alpha value is -2.61. The maximum Gasteiger partial charge on any atom is 0.271 e. The Labute approximate surface area is 195 Å². The molecular weight excluding hydrogens is 454 g/mol. The van der Waals surface area contributed by atoms with Crippen molar-refractivity contribution < 1.29 is 9.13 Å². The Morgan fingerprint density at radius 1 is 0.969 bits per heavy atom. The molecule has 0 atom stereocenters. The van der Waals surface area contributed by atoms with Crippen LogP contribution in [0.2, 0.25) is 10.0 Å². The van der Waals surface area contributed by atoms with Crippen LogP contribution in [0.5, 0.6) is 5.88 Å². The van der Waals surface area contributed by atoms with E-state index in [9.17, 15) is 9.18 Å². The summed E-state index contributed by atoms with van der Waals surface area (Å²) in [7, 11) is 0. The normalized spacial score (nSPS) is 14.5. The van der Waals surface area contributed by atoms with Crippen molar-refractivity contribution in [2.45, 2.75) is 6.42 Å². The second kappa shape index (κ2) is 10.3. The molecule has 6 nitrogen and oxygen atoms in total. The molecule has 1 aromatic heterocycles. The average molecular weight is 477 g/mol. The van der Waals surface area contributed by atoms with E-state index in [1.807, 2.05) is 12.1 Å². The third-order valence-electron chi connectivity index (χ3n) is 5.36. The topological polar surface area (TPSA) is 50.6 Å². The first-order valence-electron chi connectivity index (χ1n) is 10.4. The number of piperazine rings is 1. The number of anilines is 1. The molecule has 1 fully saturated rings. The lowest BCUT2D eigenvalue weighted by Gasteiger charge is -2.36. The molecule has 1 saturated heterocycles. The summed E-state index contributed by atoms with van der Waals surface area (Å²) < 4.78 is 21.0. The van der Waals surface area contributed by atoms with Gasteiger partial charge >= 0.3 is 0 Å². The van der Waals surface area contributed by atoms with Crippen molar-refractivity contribution >= 4 is 28.9 Å². The summed E-state index contributed by atoms with van der Waals surface area (Å²) in [4.78, 5) is 16.6. The van der Waals surface area contributed by atoms with Crippen molar-refractivity contribution in [3.8, 4) is 11.6 Å². The van der Waals surface area contributed by atoms with Gasteiger partial charge in [0.05, 0.1) is 28.0 Å². The van der Waals surface area contributed by atoms with Crippen LogP contribution >= 0.6 is 23.2 Å². The largest absolute Gasteiger partial charge is 0.477 e. The number of halogens is 3. The van der Waals surface area contributed by atoms with Crippen molar-refractivity contribution in [1.29, 1.82) is 0 Å². The zero-order valence-electron chi connectivity index (χ0n) is 17.4. The predicted octanol–water partition coefficient (Wildman–Crippen LogP) is 4.27. The van der Waals surface area contributed by atoms with Crippen LogP contribution in [0.3, 0.4) is 0 Å². The summed E-state index contributed by atoms with van der Waals surface area (Å²) in [5, 5.41) is 5.03. The lowest BCUT2D eigenvalue weighted by Crippen LogP contribution is -2.47. The van der Waals surface area contributed by atoms with E-state index in [4.69, 9.17) is 27.9 Å². The number of ether oxygens (including phenoxy) is 1. The molecule has 1 aliphatic heterocycles. The maximum absolute atomic E-state index is 14.0. The van der Waals surface area contributed by atoms with E-state index in [0.717, 1.165) is 39.1 Å². The molecule has 4 rings (SSSR count). The summed E-state index contributed by atoms with van der Waals surface area (Å²) in [6.45, 7) is 4.66. The van der Waals surface area contributed by atoms with Crippen LogP contribution in [0.25, 0.3) is 5.69 Å². The number of hydrogen-bond acceptors (Lipinski definition) is 5. The minimum Gasteiger partial charge on any atom is -0.477 e. The van der Waals surface area contributed by atoms with Gasteiger partial charge < -0.3 is 9.64 Å². The van der Waals surface area contributed by atoms with Crippen molar-refractivity contribution in [1.82, 2.24) is 14.7 Å². The van der Waals surface area contributed by atoms with E-state index in [1.54, 1.807) is 30.3 Å². The van der Waals surface area contributed by atoms with Gasteiger partial charge in [0.15, 0.2) is 0 Å². The molecule has 0 N–H and O–H groups in total. The van der Waals surface area contributed by atoms with Gasteiger partial charge in [-0.05, 0) is 36.8 Å². The van der Waals surface area contributed by atoms with Crippen LogP contribution in [0.15, 0.2) is 59.4 Å². The van der Waals surface area contributed by atoms with Crippen LogP contribution < -0.4 is 15.2 Å². The fraction of sp³-hybridized carbons (Fsp3) is 0.304. The molecule has 0 amide bonds. The van der Waals surface area contributed by atoms with Gasteiger partial charge in [0.1, 0.15) is 5.82 Å². The third kappa shape index (κ3) is 5.41. The second-order valence-corrected chi connectivity index (χ2v) is 8.32. The van der Waals surface area contributed by atoms with E-state index in [2.05, 4.69) is 14.9 Å². The zero-order chi connectivity index (χ0) is 22.5. The quantitative estimate of drug-likeness (QED) is 0.476. The molecule has 168 valence electrons. The average Bonchev–Trinajstić information content (AvgIpc) is 2.80. The van der Waals surface area contributed by atoms with Crippen molar-refractivity contribution in [3.05, 3.63) is 80.8 Å². The molecule has 0 unspecified atom stereocenters. The van der Waals surface area contributed by atoms with Gasteiger partial charge in [-0.15, -0.1) is 5.10 Å². The molecule has 3 aromatic rings. The Morgan fingerprint density at radius 2 is 1.75 bits per heavy atom. The van der Waals surface area contributed by atoms with Crippen LogP contribution in [0.4, 0.5) is 10.1 Å². The van der Waals surface area contributed by atoms with Gasteiger partial charge in [0, 0.05) is 44.9 Å². The smallest absolute Gasteiger partial charge is 0.271 e. The van der Waals surface area contributed by atoms with Crippen molar-refractivity contribution in [2.24, 2.45) is 0 Å². The number of benzene rings is 2. The van der Waals surface area contributed by atoms with Crippen LogP contribution in [0, 0.1) is 5.82 Å². The van der Waals surface area contributed by atoms with Crippen molar-refractivity contribution in [2.75, 3.05) is 44.2 Å². The summed E-state index contributed by atoms with van der Waals surface area (Å²) in [6, 6.07) is 14.7. The Morgan fingerprint density at radius 3 is 2.50 bits per heavy atom. The second-order valence-electron chi connectivity index (χ2n) is 7.50. The molecule has 0 spiro atoms. The molecule has 0 radical (unpaired) electrons. The number of hydrogen-bond donors (Lipinski definition) is 0. The highest BCUT2D eigenvalue weighted by Gasteiger charge is 2.18. The number of para-hydroxylation sites is 1. The summed E-state index contributed by atoms with van der Waals surface area (Å²) in [6.07, 6.45) is 0.813. The van der Waals surface area contributed by atoms with Gasteiger partial charge in [0.25, 0.3) is 5.56 Å². The predicted molar refractivity (Wildman–Crippen MR) is 125 cm³/mol. The monoisotopic (exact) mass is 476 g/mol. The Bertz CT molecular complexity index is 1130. The van der Waals surface area contributed by atoms with Crippen LogP contribution in [0.1, 0.15) is 6.42 Å². The fourth-order valence-electron chi connectivity index (χ4n) is 3.66.